The van der Waals surface area contributed by atoms with E-state index in [4.69, 9.17) is 9.47 Å². The van der Waals surface area contributed by atoms with Gasteiger partial charge >= 0.3 is 0 Å². The number of nitrogens with zero attached hydrogens (tertiary/aromatic N) is 2. The van der Waals surface area contributed by atoms with Crippen molar-refractivity contribution in [3.8, 4) is 5.75 Å². The average Bonchev–Trinajstić information content (AvgIpc) is 2.82. The van der Waals surface area contributed by atoms with Crippen LogP contribution in [0.4, 0.5) is 0 Å². The molecule has 1 aliphatic rings. The third kappa shape index (κ3) is 8.19. The number of rotatable bonds is 9. The number of aliphatic imine (C=N–C) groups is 1. The molecule has 0 aromatic heterocycles. The molecule has 3 rings (SSSR count). The van der Waals surface area contributed by atoms with Gasteiger partial charge in [0.2, 0.25) is 5.91 Å². The Morgan fingerprint density at radius 1 is 1.12 bits per heavy atom. The number of nitrogens with one attached hydrogen (secondary N) is 2. The van der Waals surface area contributed by atoms with Gasteiger partial charge < -0.3 is 25.0 Å². The summed E-state index contributed by atoms with van der Waals surface area (Å²) in [6.45, 7) is 5.48. The zero-order chi connectivity index (χ0) is 22.8. The Labute approximate surface area is 214 Å². The second kappa shape index (κ2) is 14.0. The van der Waals surface area contributed by atoms with Crippen LogP contribution in [0.3, 0.4) is 0 Å². The summed E-state index contributed by atoms with van der Waals surface area (Å²) >= 11 is 0. The van der Waals surface area contributed by atoms with Crippen molar-refractivity contribution in [2.45, 2.75) is 32.9 Å². The number of benzene rings is 2. The fourth-order valence-electron chi connectivity index (χ4n) is 3.71. The molecular formula is C25H35IN4O3. The number of hydrogen-bond acceptors (Lipinski definition) is 4. The number of hydrogen-bond donors (Lipinski definition) is 2. The van der Waals surface area contributed by atoms with Crippen molar-refractivity contribution in [3.63, 3.8) is 0 Å². The number of methoxy groups -OCH3 is 1. The molecule has 1 aliphatic heterocycles. The standard InChI is InChI=1S/C25H34N4O3.HI/c1-19-9-10-21(23(15-19)32-14-6-13-31-3)16-27-25(26-2)28-17-24(30)29-12-11-20-7-4-5-8-22(20)18-29;/h4-5,7-10,15H,6,11-14,16-18H2,1-3H3,(H2,26,27,28);1H. The Hall–Kier alpha value is -2.33. The number of aryl methyl sites for hydroxylation is 1. The molecule has 0 fully saturated rings. The quantitative estimate of drug-likeness (QED) is 0.211. The first-order valence-electron chi connectivity index (χ1n) is 11.1. The van der Waals surface area contributed by atoms with Crippen LogP contribution in [0, 0.1) is 6.92 Å². The maximum atomic E-state index is 12.7. The highest BCUT2D eigenvalue weighted by atomic mass is 127. The normalized spacial score (nSPS) is 13.1. The Morgan fingerprint density at radius 3 is 2.67 bits per heavy atom. The third-order valence-corrected chi connectivity index (χ3v) is 5.53. The molecule has 0 saturated carbocycles. The van der Waals surface area contributed by atoms with Crippen LogP contribution in [0.15, 0.2) is 47.5 Å². The molecular weight excluding hydrogens is 531 g/mol. The van der Waals surface area contributed by atoms with Gasteiger partial charge in [0.05, 0.1) is 13.2 Å². The molecule has 180 valence electrons. The number of halogens is 1. The molecule has 0 spiro atoms. The van der Waals surface area contributed by atoms with Gasteiger partial charge in [-0.1, -0.05) is 36.4 Å². The zero-order valence-corrected chi connectivity index (χ0v) is 22.1. The van der Waals surface area contributed by atoms with Gasteiger partial charge in [-0.15, -0.1) is 24.0 Å². The lowest BCUT2D eigenvalue weighted by molar-refractivity contribution is -0.130. The van der Waals surface area contributed by atoms with Crippen molar-refractivity contribution < 1.29 is 14.3 Å². The summed E-state index contributed by atoms with van der Waals surface area (Å²) in [6, 6.07) is 14.5. The highest BCUT2D eigenvalue weighted by Gasteiger charge is 2.20. The Morgan fingerprint density at radius 2 is 1.91 bits per heavy atom. The summed E-state index contributed by atoms with van der Waals surface area (Å²) < 4.78 is 11.0. The van der Waals surface area contributed by atoms with Crippen LogP contribution in [-0.2, 0) is 29.0 Å². The Balaban J connectivity index is 0.00000385. The van der Waals surface area contributed by atoms with Crippen LogP contribution >= 0.6 is 24.0 Å². The Bertz CT molecular complexity index is 936. The van der Waals surface area contributed by atoms with Crippen molar-refractivity contribution in [1.82, 2.24) is 15.5 Å². The summed E-state index contributed by atoms with van der Waals surface area (Å²) in [5.74, 6) is 1.51. The maximum Gasteiger partial charge on any atom is 0.242 e. The minimum atomic E-state index is 0. The van der Waals surface area contributed by atoms with Crippen molar-refractivity contribution in [2.75, 3.05) is 40.5 Å². The molecule has 7 nitrogen and oxygen atoms in total. The fourth-order valence-corrected chi connectivity index (χ4v) is 3.71. The SMILES string of the molecule is CN=C(NCC(=O)N1CCc2ccccc2C1)NCc1ccc(C)cc1OCCCOC.I. The van der Waals surface area contributed by atoms with E-state index in [1.54, 1.807) is 14.2 Å². The molecule has 2 aromatic carbocycles. The van der Waals surface area contributed by atoms with E-state index in [1.807, 2.05) is 24.0 Å². The van der Waals surface area contributed by atoms with E-state index >= 15 is 0 Å². The van der Waals surface area contributed by atoms with E-state index in [2.05, 4.69) is 46.0 Å². The van der Waals surface area contributed by atoms with Crippen LogP contribution in [0.5, 0.6) is 5.75 Å². The first kappa shape index (κ1) is 26.9. The summed E-state index contributed by atoms with van der Waals surface area (Å²) in [4.78, 5) is 18.9. The molecule has 0 unspecified atom stereocenters. The van der Waals surface area contributed by atoms with Gasteiger partial charge in [-0.3, -0.25) is 9.79 Å². The molecule has 0 aliphatic carbocycles. The number of fused-ring (bicyclic) bond motifs is 1. The molecule has 1 amide bonds. The molecule has 1 heterocycles. The summed E-state index contributed by atoms with van der Waals surface area (Å²) in [5, 5.41) is 6.43. The van der Waals surface area contributed by atoms with Crippen molar-refractivity contribution >= 4 is 35.8 Å². The number of carbonyl (C=O) groups is 1. The lowest BCUT2D eigenvalue weighted by atomic mass is 10.00. The highest BCUT2D eigenvalue weighted by Crippen LogP contribution is 2.21. The van der Waals surface area contributed by atoms with E-state index in [9.17, 15) is 4.79 Å². The largest absolute Gasteiger partial charge is 0.493 e. The molecule has 8 heteroatoms. The van der Waals surface area contributed by atoms with Crippen LogP contribution in [0.1, 0.15) is 28.7 Å². The van der Waals surface area contributed by atoms with Gasteiger partial charge in [-0.2, -0.15) is 0 Å². The topological polar surface area (TPSA) is 75.2 Å². The number of ether oxygens (including phenoxy) is 2. The van der Waals surface area contributed by atoms with Crippen LogP contribution in [0.25, 0.3) is 0 Å². The minimum absolute atomic E-state index is 0. The molecule has 0 radical (unpaired) electrons. The molecule has 2 N–H and O–H groups in total. The number of carbonyl (C=O) groups excluding carboxylic acids is 1. The van der Waals surface area contributed by atoms with E-state index in [1.165, 1.54) is 11.1 Å². The predicted octanol–water partition coefficient (Wildman–Crippen LogP) is 3.28. The molecule has 0 atom stereocenters. The van der Waals surface area contributed by atoms with Gasteiger partial charge in [0.25, 0.3) is 0 Å². The van der Waals surface area contributed by atoms with Crippen LogP contribution < -0.4 is 15.4 Å². The number of amides is 1. The Kier molecular flexibility index (Phi) is 11.5. The predicted molar refractivity (Wildman–Crippen MR) is 142 cm³/mol. The second-order valence-electron chi connectivity index (χ2n) is 7.92. The summed E-state index contributed by atoms with van der Waals surface area (Å²) in [5.41, 5.74) is 4.74. The third-order valence-electron chi connectivity index (χ3n) is 5.53. The molecule has 33 heavy (non-hydrogen) atoms. The first-order valence-corrected chi connectivity index (χ1v) is 11.1. The van der Waals surface area contributed by atoms with E-state index in [0.29, 0.717) is 32.3 Å². The highest BCUT2D eigenvalue weighted by molar-refractivity contribution is 14.0. The first-order chi connectivity index (χ1) is 15.6. The van der Waals surface area contributed by atoms with E-state index < -0.39 is 0 Å². The monoisotopic (exact) mass is 566 g/mol. The van der Waals surface area contributed by atoms with Crippen molar-refractivity contribution in [3.05, 3.63) is 64.7 Å². The van der Waals surface area contributed by atoms with Crippen molar-refractivity contribution in [2.24, 2.45) is 4.99 Å². The van der Waals surface area contributed by atoms with Gasteiger partial charge in [-0.25, -0.2) is 0 Å². The van der Waals surface area contributed by atoms with Crippen LogP contribution in [0.2, 0.25) is 0 Å². The smallest absolute Gasteiger partial charge is 0.242 e. The summed E-state index contributed by atoms with van der Waals surface area (Å²) in [6.07, 6.45) is 1.74. The fraction of sp³-hybridized carbons (Fsp3) is 0.440. The average molecular weight is 566 g/mol. The van der Waals surface area contributed by atoms with Crippen molar-refractivity contribution in [1.29, 1.82) is 0 Å². The lowest BCUT2D eigenvalue weighted by Crippen LogP contribution is -2.45. The van der Waals surface area contributed by atoms with Crippen LogP contribution in [-0.4, -0.2) is 57.2 Å². The second-order valence-corrected chi connectivity index (χ2v) is 7.92. The van der Waals surface area contributed by atoms with Gasteiger partial charge in [0, 0.05) is 52.4 Å². The zero-order valence-electron chi connectivity index (χ0n) is 19.7. The van der Waals surface area contributed by atoms with Gasteiger partial charge in [0.1, 0.15) is 5.75 Å². The molecule has 0 bridgehead atoms. The van der Waals surface area contributed by atoms with Gasteiger partial charge in [-0.05, 0) is 36.1 Å². The number of guanidine groups is 1. The van der Waals surface area contributed by atoms with E-state index in [0.717, 1.165) is 36.3 Å². The molecule has 2 aromatic rings. The minimum Gasteiger partial charge on any atom is -0.493 e. The lowest BCUT2D eigenvalue weighted by Gasteiger charge is -2.29. The van der Waals surface area contributed by atoms with E-state index in [-0.39, 0.29) is 36.4 Å². The maximum absolute atomic E-state index is 12.7. The molecule has 0 saturated heterocycles. The van der Waals surface area contributed by atoms with Gasteiger partial charge in [0.15, 0.2) is 5.96 Å². The summed E-state index contributed by atoms with van der Waals surface area (Å²) in [7, 11) is 3.39.